The second-order valence-electron chi connectivity index (χ2n) is 3.23. The van der Waals surface area contributed by atoms with Gasteiger partial charge in [-0.2, -0.15) is 0 Å². The van der Waals surface area contributed by atoms with Crippen molar-refractivity contribution in [1.82, 2.24) is 4.98 Å². The van der Waals surface area contributed by atoms with Crippen LogP contribution in [-0.4, -0.2) is 11.6 Å². The Labute approximate surface area is 107 Å². The minimum atomic E-state index is 0.688. The van der Waals surface area contributed by atoms with Crippen molar-refractivity contribution in [1.29, 1.82) is 0 Å². The lowest BCUT2D eigenvalue weighted by Gasteiger charge is -2.03. The highest BCUT2D eigenvalue weighted by Crippen LogP contribution is 2.28. The fourth-order valence-corrected chi connectivity index (χ4v) is 2.64. The van der Waals surface area contributed by atoms with Crippen LogP contribution in [0.5, 0.6) is 5.75 Å². The Kier molecular flexibility index (Phi) is 3.96. The van der Waals surface area contributed by atoms with E-state index >= 15 is 0 Å². The molecule has 0 bridgehead atoms. The SMILES string of the molecule is CCOc1cccc(-c2ncc(CBr)s2)c1. The summed E-state index contributed by atoms with van der Waals surface area (Å²) < 4.78 is 5.47. The normalized spacial score (nSPS) is 10.4. The first-order chi connectivity index (χ1) is 7.83. The van der Waals surface area contributed by atoms with Gasteiger partial charge in [0.25, 0.3) is 0 Å². The summed E-state index contributed by atoms with van der Waals surface area (Å²) in [7, 11) is 0. The fourth-order valence-electron chi connectivity index (χ4n) is 1.39. The summed E-state index contributed by atoms with van der Waals surface area (Å²) in [5.41, 5.74) is 1.11. The molecule has 0 spiro atoms. The Bertz CT molecular complexity index is 470. The molecule has 0 saturated heterocycles. The Balaban J connectivity index is 2.28. The monoisotopic (exact) mass is 297 g/mol. The Hall–Kier alpha value is -0.870. The van der Waals surface area contributed by atoms with Crippen LogP contribution in [0, 0.1) is 0 Å². The van der Waals surface area contributed by atoms with Crippen molar-refractivity contribution in [3.05, 3.63) is 35.3 Å². The molecule has 16 heavy (non-hydrogen) atoms. The lowest BCUT2D eigenvalue weighted by Crippen LogP contribution is -1.90. The molecule has 1 aromatic heterocycles. The highest BCUT2D eigenvalue weighted by atomic mass is 79.9. The maximum atomic E-state index is 5.47. The van der Waals surface area contributed by atoms with Gasteiger partial charge in [0.2, 0.25) is 0 Å². The van der Waals surface area contributed by atoms with Gasteiger partial charge in [-0.3, -0.25) is 0 Å². The Morgan fingerprint density at radius 3 is 3.00 bits per heavy atom. The molecule has 2 rings (SSSR count). The summed E-state index contributed by atoms with van der Waals surface area (Å²) in [6.07, 6.45) is 1.90. The first-order valence-corrected chi connectivity index (χ1v) is 7.01. The van der Waals surface area contributed by atoms with Crippen LogP contribution in [0.1, 0.15) is 11.8 Å². The van der Waals surface area contributed by atoms with Crippen LogP contribution in [0.2, 0.25) is 0 Å². The van der Waals surface area contributed by atoms with E-state index in [1.165, 1.54) is 4.88 Å². The molecule has 2 aromatic rings. The van der Waals surface area contributed by atoms with Crippen LogP contribution in [0.3, 0.4) is 0 Å². The van der Waals surface area contributed by atoms with Gasteiger partial charge in [-0.1, -0.05) is 28.1 Å². The summed E-state index contributed by atoms with van der Waals surface area (Å²) in [5, 5.41) is 1.89. The van der Waals surface area contributed by atoms with Crippen LogP contribution in [0.25, 0.3) is 10.6 Å². The van der Waals surface area contributed by atoms with Gasteiger partial charge in [0, 0.05) is 22.0 Å². The second kappa shape index (κ2) is 5.46. The fraction of sp³-hybridized carbons (Fsp3) is 0.250. The molecule has 0 aliphatic heterocycles. The van der Waals surface area contributed by atoms with Crippen LogP contribution >= 0.6 is 27.3 Å². The molecule has 0 N–H and O–H groups in total. The van der Waals surface area contributed by atoms with E-state index in [2.05, 4.69) is 27.0 Å². The van der Waals surface area contributed by atoms with Gasteiger partial charge in [-0.05, 0) is 19.1 Å². The van der Waals surface area contributed by atoms with Crippen molar-refractivity contribution in [2.75, 3.05) is 6.61 Å². The quantitative estimate of drug-likeness (QED) is 0.793. The van der Waals surface area contributed by atoms with Gasteiger partial charge in [0.05, 0.1) is 6.61 Å². The van der Waals surface area contributed by atoms with Gasteiger partial charge >= 0.3 is 0 Å². The molecule has 0 aliphatic rings. The molecule has 1 heterocycles. The van der Waals surface area contributed by atoms with Gasteiger partial charge < -0.3 is 4.74 Å². The number of aromatic nitrogens is 1. The van der Waals surface area contributed by atoms with Crippen LogP contribution < -0.4 is 4.74 Å². The molecule has 4 heteroatoms. The van der Waals surface area contributed by atoms with Crippen molar-refractivity contribution in [2.24, 2.45) is 0 Å². The number of nitrogens with zero attached hydrogens (tertiary/aromatic N) is 1. The summed E-state index contributed by atoms with van der Waals surface area (Å²) in [4.78, 5) is 5.62. The highest BCUT2D eigenvalue weighted by Gasteiger charge is 2.04. The van der Waals surface area contributed by atoms with Crippen molar-refractivity contribution in [3.8, 4) is 16.3 Å². The van der Waals surface area contributed by atoms with Crippen molar-refractivity contribution >= 4 is 27.3 Å². The predicted octanol–water partition coefficient (Wildman–Crippen LogP) is 4.10. The number of alkyl halides is 1. The second-order valence-corrected chi connectivity index (χ2v) is 4.90. The first-order valence-electron chi connectivity index (χ1n) is 5.07. The molecule has 84 valence electrons. The number of halogens is 1. The van der Waals surface area contributed by atoms with E-state index in [-0.39, 0.29) is 0 Å². The molecule has 0 amide bonds. The lowest BCUT2D eigenvalue weighted by molar-refractivity contribution is 0.340. The minimum Gasteiger partial charge on any atom is -0.494 e. The summed E-state index contributed by atoms with van der Waals surface area (Å²) in [5.74, 6) is 0.899. The summed E-state index contributed by atoms with van der Waals surface area (Å²) in [6.45, 7) is 2.67. The summed E-state index contributed by atoms with van der Waals surface area (Å²) >= 11 is 5.13. The van der Waals surface area contributed by atoms with E-state index in [0.29, 0.717) is 6.61 Å². The van der Waals surface area contributed by atoms with Crippen LogP contribution in [0.15, 0.2) is 30.5 Å². The molecule has 0 unspecified atom stereocenters. The number of thiazole rings is 1. The van der Waals surface area contributed by atoms with Gasteiger partial charge in [0.15, 0.2) is 0 Å². The number of hydrogen-bond acceptors (Lipinski definition) is 3. The molecule has 2 nitrogen and oxygen atoms in total. The van der Waals surface area contributed by atoms with E-state index in [1.54, 1.807) is 11.3 Å². The first kappa shape index (κ1) is 11.6. The van der Waals surface area contributed by atoms with E-state index < -0.39 is 0 Å². The molecule has 1 aromatic carbocycles. The average Bonchev–Trinajstić information content (AvgIpc) is 2.78. The van der Waals surface area contributed by atoms with E-state index in [4.69, 9.17) is 4.74 Å². The van der Waals surface area contributed by atoms with Crippen LogP contribution in [0.4, 0.5) is 0 Å². The smallest absolute Gasteiger partial charge is 0.123 e. The summed E-state index contributed by atoms with van der Waals surface area (Å²) in [6, 6.07) is 8.04. The molecule has 0 fully saturated rings. The number of ether oxygens (including phenoxy) is 1. The third-order valence-corrected chi connectivity index (χ3v) is 4.10. The molecule has 0 radical (unpaired) electrons. The number of rotatable bonds is 4. The van der Waals surface area contributed by atoms with Gasteiger partial charge in [-0.15, -0.1) is 11.3 Å². The standard InChI is InChI=1S/C12H12BrNOS/c1-2-15-10-5-3-4-9(6-10)12-14-8-11(7-13)16-12/h3-6,8H,2,7H2,1H3. The Morgan fingerprint density at radius 1 is 1.44 bits per heavy atom. The molecule has 0 atom stereocenters. The van der Waals surface area contributed by atoms with E-state index in [0.717, 1.165) is 21.7 Å². The van der Waals surface area contributed by atoms with E-state index in [1.807, 2.05) is 31.3 Å². The lowest BCUT2D eigenvalue weighted by atomic mass is 10.2. The third-order valence-electron chi connectivity index (χ3n) is 2.08. The maximum absolute atomic E-state index is 5.47. The van der Waals surface area contributed by atoms with E-state index in [9.17, 15) is 0 Å². The zero-order chi connectivity index (χ0) is 11.4. The molecular weight excluding hydrogens is 286 g/mol. The zero-order valence-corrected chi connectivity index (χ0v) is 11.3. The maximum Gasteiger partial charge on any atom is 0.123 e. The van der Waals surface area contributed by atoms with Crippen molar-refractivity contribution < 1.29 is 4.74 Å². The Morgan fingerprint density at radius 2 is 2.31 bits per heavy atom. The van der Waals surface area contributed by atoms with Crippen LogP contribution in [-0.2, 0) is 5.33 Å². The number of benzene rings is 1. The molecular formula is C12H12BrNOS. The minimum absolute atomic E-state index is 0.688. The topological polar surface area (TPSA) is 22.1 Å². The number of hydrogen-bond donors (Lipinski definition) is 0. The molecule has 0 aliphatic carbocycles. The van der Waals surface area contributed by atoms with Crippen molar-refractivity contribution in [3.63, 3.8) is 0 Å². The third kappa shape index (κ3) is 2.62. The zero-order valence-electron chi connectivity index (χ0n) is 8.94. The molecule has 0 saturated carbocycles. The largest absolute Gasteiger partial charge is 0.494 e. The van der Waals surface area contributed by atoms with Crippen molar-refractivity contribution in [2.45, 2.75) is 12.3 Å². The highest BCUT2D eigenvalue weighted by molar-refractivity contribution is 9.08. The van der Waals surface area contributed by atoms with Gasteiger partial charge in [-0.25, -0.2) is 4.98 Å². The van der Waals surface area contributed by atoms with Gasteiger partial charge in [0.1, 0.15) is 10.8 Å². The predicted molar refractivity (Wildman–Crippen MR) is 71.4 cm³/mol. The average molecular weight is 298 g/mol.